The summed E-state index contributed by atoms with van der Waals surface area (Å²) < 4.78 is 6.00. The first kappa shape index (κ1) is 21.0. The van der Waals surface area contributed by atoms with E-state index in [1.165, 1.54) is 5.56 Å². The number of nitrogens with zero attached hydrogens (tertiary/aromatic N) is 1. The molecule has 0 aromatic heterocycles. The number of allylic oxidation sites excluding steroid dienone is 1. The highest BCUT2D eigenvalue weighted by atomic mass is 16.5. The van der Waals surface area contributed by atoms with Gasteiger partial charge in [0.1, 0.15) is 24.0 Å². The molecule has 144 valence electrons. The summed E-state index contributed by atoms with van der Waals surface area (Å²) in [6.45, 7) is 10.0. The Hall–Kier alpha value is -3.32. The van der Waals surface area contributed by atoms with Crippen LogP contribution >= 0.6 is 0 Å². The number of amides is 1. The fourth-order valence-electron chi connectivity index (χ4n) is 2.76. The van der Waals surface area contributed by atoms with Gasteiger partial charge >= 0.3 is 0 Å². The van der Waals surface area contributed by atoms with E-state index in [-0.39, 0.29) is 17.5 Å². The van der Waals surface area contributed by atoms with Gasteiger partial charge in [0.25, 0.3) is 5.91 Å². The minimum absolute atomic E-state index is 0.0297. The molecule has 0 spiro atoms. The van der Waals surface area contributed by atoms with E-state index in [9.17, 15) is 10.1 Å². The van der Waals surface area contributed by atoms with Crippen molar-refractivity contribution in [1.29, 1.82) is 5.26 Å². The molecule has 4 nitrogen and oxygen atoms in total. The molecule has 0 radical (unpaired) electrons. The molecule has 0 heterocycles. The number of rotatable bonds is 8. The number of nitrogens with one attached hydrogen (secondary N) is 1. The Kier molecular flexibility index (Phi) is 7.59. The van der Waals surface area contributed by atoms with Gasteiger partial charge in [-0.1, -0.05) is 42.0 Å². The van der Waals surface area contributed by atoms with Gasteiger partial charge in [0, 0.05) is 6.04 Å². The van der Waals surface area contributed by atoms with Crippen molar-refractivity contribution in [2.75, 3.05) is 0 Å². The lowest BCUT2D eigenvalue weighted by atomic mass is 10.0. The van der Waals surface area contributed by atoms with Crippen molar-refractivity contribution in [3.63, 3.8) is 0 Å². The molecular formula is C24H26N2O2. The van der Waals surface area contributed by atoms with Gasteiger partial charge < -0.3 is 10.1 Å². The predicted octanol–water partition coefficient (Wildman–Crippen LogP) is 4.73. The number of aryl methyl sites for hydroxylation is 1. The summed E-state index contributed by atoms with van der Waals surface area (Å²) in [6.07, 6.45) is 4.03. The smallest absolute Gasteiger partial charge is 0.262 e. The number of hydrogen-bond donors (Lipinski definition) is 1. The molecule has 28 heavy (non-hydrogen) atoms. The van der Waals surface area contributed by atoms with Gasteiger partial charge in [-0.15, -0.1) is 6.58 Å². The molecule has 4 heteroatoms. The zero-order chi connectivity index (χ0) is 20.5. The average molecular weight is 374 g/mol. The van der Waals surface area contributed by atoms with Crippen molar-refractivity contribution in [3.05, 3.63) is 82.9 Å². The lowest BCUT2D eigenvalue weighted by Gasteiger charge is -2.12. The number of carbonyl (C=O) groups excluding carboxylic acids is 1. The lowest BCUT2D eigenvalue weighted by molar-refractivity contribution is -0.117. The fourth-order valence-corrected chi connectivity index (χ4v) is 2.76. The highest BCUT2D eigenvalue weighted by Gasteiger charge is 2.11. The summed E-state index contributed by atoms with van der Waals surface area (Å²) in [5.41, 5.74) is 4.10. The van der Waals surface area contributed by atoms with Crippen LogP contribution in [0.2, 0.25) is 0 Å². The van der Waals surface area contributed by atoms with Crippen LogP contribution in [0.3, 0.4) is 0 Å². The summed E-state index contributed by atoms with van der Waals surface area (Å²) in [5.74, 6) is 0.395. The van der Waals surface area contributed by atoms with Crippen LogP contribution in [-0.4, -0.2) is 11.9 Å². The molecular weight excluding hydrogens is 348 g/mol. The number of hydrogen-bond acceptors (Lipinski definition) is 3. The molecule has 0 bridgehead atoms. The van der Waals surface area contributed by atoms with E-state index < -0.39 is 0 Å². The minimum atomic E-state index is -0.373. The Bertz CT molecular complexity index is 920. The second-order valence-corrected chi connectivity index (χ2v) is 6.94. The van der Waals surface area contributed by atoms with Crippen molar-refractivity contribution in [2.24, 2.45) is 0 Å². The predicted molar refractivity (Wildman–Crippen MR) is 113 cm³/mol. The summed E-state index contributed by atoms with van der Waals surface area (Å²) >= 11 is 0. The molecule has 0 atom stereocenters. The quantitative estimate of drug-likeness (QED) is 0.413. The molecule has 0 fully saturated rings. The third-order valence-corrected chi connectivity index (χ3v) is 4.02. The van der Waals surface area contributed by atoms with Crippen molar-refractivity contribution < 1.29 is 9.53 Å². The van der Waals surface area contributed by atoms with Gasteiger partial charge in [0.05, 0.1) is 0 Å². The van der Waals surface area contributed by atoms with E-state index >= 15 is 0 Å². The Morgan fingerprint density at radius 3 is 2.71 bits per heavy atom. The molecule has 0 saturated heterocycles. The van der Waals surface area contributed by atoms with Crippen LogP contribution in [0.4, 0.5) is 0 Å². The molecule has 2 rings (SSSR count). The summed E-state index contributed by atoms with van der Waals surface area (Å²) in [4.78, 5) is 12.1. The Morgan fingerprint density at radius 1 is 1.29 bits per heavy atom. The van der Waals surface area contributed by atoms with Gasteiger partial charge in [-0.05, 0) is 62.1 Å². The molecule has 1 amide bonds. The lowest BCUT2D eigenvalue weighted by Crippen LogP contribution is -2.30. The molecule has 0 aliphatic carbocycles. The summed E-state index contributed by atoms with van der Waals surface area (Å²) in [7, 11) is 0. The first-order valence-corrected chi connectivity index (χ1v) is 9.27. The largest absolute Gasteiger partial charge is 0.489 e. The first-order valence-electron chi connectivity index (χ1n) is 9.27. The second kappa shape index (κ2) is 10.1. The summed E-state index contributed by atoms with van der Waals surface area (Å²) in [6, 6.07) is 15.8. The normalized spacial score (nSPS) is 11.0. The maximum absolute atomic E-state index is 12.1. The number of benzene rings is 2. The van der Waals surface area contributed by atoms with Crippen LogP contribution in [0.1, 0.15) is 36.1 Å². The third-order valence-electron chi connectivity index (χ3n) is 4.02. The Labute approximate surface area is 167 Å². The van der Waals surface area contributed by atoms with Crippen LogP contribution in [0, 0.1) is 18.3 Å². The number of carbonyl (C=O) groups is 1. The number of nitriles is 1. The summed E-state index contributed by atoms with van der Waals surface area (Å²) in [5, 5.41) is 12.0. The molecule has 0 aliphatic rings. The van der Waals surface area contributed by atoms with E-state index in [1.54, 1.807) is 12.2 Å². The van der Waals surface area contributed by atoms with E-state index in [4.69, 9.17) is 4.74 Å². The van der Waals surface area contributed by atoms with Gasteiger partial charge in [-0.3, -0.25) is 4.79 Å². The van der Waals surface area contributed by atoms with Crippen molar-refractivity contribution >= 4 is 12.0 Å². The highest BCUT2D eigenvalue weighted by molar-refractivity contribution is 6.01. The van der Waals surface area contributed by atoms with Crippen LogP contribution in [-0.2, 0) is 17.8 Å². The Balaban J connectivity index is 2.23. The van der Waals surface area contributed by atoms with Crippen LogP contribution in [0.25, 0.3) is 6.08 Å². The van der Waals surface area contributed by atoms with Crippen LogP contribution < -0.4 is 10.1 Å². The zero-order valence-electron chi connectivity index (χ0n) is 16.7. The maximum Gasteiger partial charge on any atom is 0.262 e. The maximum atomic E-state index is 12.1. The third kappa shape index (κ3) is 6.14. The van der Waals surface area contributed by atoms with E-state index in [0.29, 0.717) is 13.0 Å². The van der Waals surface area contributed by atoms with Gasteiger partial charge in [0.2, 0.25) is 0 Å². The standard InChI is InChI=1S/C24H26N2O2/c1-5-7-21-13-19(14-22(15-25)24(27)26-17(2)3)10-11-23(21)28-16-20-9-6-8-18(4)12-20/h5-6,8-14,17H,1,7,16H2,2-4H3,(H,26,27)/b22-14-. The minimum Gasteiger partial charge on any atom is -0.489 e. The van der Waals surface area contributed by atoms with E-state index in [0.717, 1.165) is 22.4 Å². The molecule has 0 unspecified atom stereocenters. The molecule has 2 aromatic carbocycles. The average Bonchev–Trinajstić information content (AvgIpc) is 2.65. The second-order valence-electron chi connectivity index (χ2n) is 6.94. The fraction of sp³-hybridized carbons (Fsp3) is 0.250. The molecule has 0 aliphatic heterocycles. The highest BCUT2D eigenvalue weighted by Crippen LogP contribution is 2.24. The van der Waals surface area contributed by atoms with Crippen molar-refractivity contribution in [2.45, 2.75) is 39.8 Å². The monoisotopic (exact) mass is 374 g/mol. The SMILES string of the molecule is C=CCc1cc(/C=C(/C#N)C(=O)NC(C)C)ccc1OCc1cccc(C)c1. The van der Waals surface area contributed by atoms with E-state index in [2.05, 4.69) is 31.0 Å². The molecule has 0 saturated carbocycles. The van der Waals surface area contributed by atoms with Crippen LogP contribution in [0.5, 0.6) is 5.75 Å². The topological polar surface area (TPSA) is 62.1 Å². The molecule has 1 N–H and O–H groups in total. The zero-order valence-corrected chi connectivity index (χ0v) is 16.7. The van der Waals surface area contributed by atoms with Crippen molar-refractivity contribution in [1.82, 2.24) is 5.32 Å². The van der Waals surface area contributed by atoms with E-state index in [1.807, 2.05) is 50.2 Å². The van der Waals surface area contributed by atoms with Gasteiger partial charge in [0.15, 0.2) is 0 Å². The van der Waals surface area contributed by atoms with Gasteiger partial charge in [-0.2, -0.15) is 5.26 Å². The van der Waals surface area contributed by atoms with Gasteiger partial charge in [-0.25, -0.2) is 0 Å². The van der Waals surface area contributed by atoms with Crippen LogP contribution in [0.15, 0.2) is 60.7 Å². The van der Waals surface area contributed by atoms with Crippen molar-refractivity contribution in [3.8, 4) is 11.8 Å². The number of ether oxygens (including phenoxy) is 1. The molecule has 2 aromatic rings. The Morgan fingerprint density at radius 2 is 2.07 bits per heavy atom. The first-order chi connectivity index (χ1) is 13.4.